The summed E-state index contributed by atoms with van der Waals surface area (Å²) in [6.07, 6.45) is 1.32. The smallest absolute Gasteiger partial charge is 0.316 e. The lowest BCUT2D eigenvalue weighted by molar-refractivity contribution is -0.141. The molecule has 1 aliphatic rings. The molecule has 0 radical (unpaired) electrons. The number of rotatable bonds is 4. The standard InChI is InChI=1S/C16H21N3O4/c1-2-23-13-6-4-3-5-12(13)18-15(21)16(22)19-14(20)11-7-9-17-10-8-11/h3-6,11,17H,2,7-10H2,1H3,(H,18,21)(H,19,20,22). The van der Waals surface area contributed by atoms with Gasteiger partial charge in [0.25, 0.3) is 0 Å². The number of imide groups is 1. The number of carbonyl (C=O) groups is 3. The molecule has 1 aliphatic heterocycles. The van der Waals surface area contributed by atoms with Crippen LogP contribution in [-0.2, 0) is 14.4 Å². The lowest BCUT2D eigenvalue weighted by Crippen LogP contribution is -2.44. The molecule has 23 heavy (non-hydrogen) atoms. The largest absolute Gasteiger partial charge is 0.492 e. The summed E-state index contributed by atoms with van der Waals surface area (Å²) in [5.74, 6) is -2.01. The molecule has 1 fully saturated rings. The van der Waals surface area contributed by atoms with Crippen molar-refractivity contribution in [2.75, 3.05) is 25.0 Å². The summed E-state index contributed by atoms with van der Waals surface area (Å²) in [4.78, 5) is 35.8. The first-order chi connectivity index (χ1) is 11.1. The molecule has 0 aliphatic carbocycles. The first kappa shape index (κ1) is 17.0. The van der Waals surface area contributed by atoms with Crippen molar-refractivity contribution in [3.05, 3.63) is 24.3 Å². The van der Waals surface area contributed by atoms with Gasteiger partial charge in [-0.05, 0) is 45.0 Å². The number of hydrogen-bond acceptors (Lipinski definition) is 5. The molecular weight excluding hydrogens is 298 g/mol. The van der Waals surface area contributed by atoms with Crippen LogP contribution < -0.4 is 20.7 Å². The number of hydrogen-bond donors (Lipinski definition) is 3. The van der Waals surface area contributed by atoms with E-state index in [1.165, 1.54) is 0 Å². The first-order valence-electron chi connectivity index (χ1n) is 7.70. The summed E-state index contributed by atoms with van der Waals surface area (Å²) in [6, 6.07) is 6.81. The molecule has 2 rings (SSSR count). The van der Waals surface area contributed by atoms with Gasteiger partial charge >= 0.3 is 11.8 Å². The monoisotopic (exact) mass is 319 g/mol. The van der Waals surface area contributed by atoms with Crippen LogP contribution in [0.2, 0.25) is 0 Å². The van der Waals surface area contributed by atoms with Crippen molar-refractivity contribution in [2.24, 2.45) is 5.92 Å². The summed E-state index contributed by atoms with van der Waals surface area (Å²) in [5, 5.41) is 7.76. The van der Waals surface area contributed by atoms with E-state index < -0.39 is 17.7 Å². The molecule has 0 atom stereocenters. The van der Waals surface area contributed by atoms with Crippen LogP contribution >= 0.6 is 0 Å². The zero-order valence-corrected chi connectivity index (χ0v) is 13.1. The Balaban J connectivity index is 1.92. The van der Waals surface area contributed by atoms with Gasteiger partial charge in [0.15, 0.2) is 0 Å². The Morgan fingerprint density at radius 3 is 2.57 bits per heavy atom. The van der Waals surface area contributed by atoms with Gasteiger partial charge in [0.2, 0.25) is 5.91 Å². The Kier molecular flexibility index (Phi) is 6.10. The number of para-hydroxylation sites is 2. The zero-order valence-electron chi connectivity index (χ0n) is 13.1. The predicted molar refractivity (Wildman–Crippen MR) is 85.0 cm³/mol. The fourth-order valence-corrected chi connectivity index (χ4v) is 2.39. The fourth-order valence-electron chi connectivity index (χ4n) is 2.39. The van der Waals surface area contributed by atoms with Crippen molar-refractivity contribution >= 4 is 23.4 Å². The molecule has 0 spiro atoms. The fraction of sp³-hybridized carbons (Fsp3) is 0.438. The Morgan fingerprint density at radius 2 is 1.87 bits per heavy atom. The van der Waals surface area contributed by atoms with Gasteiger partial charge in [-0.15, -0.1) is 0 Å². The maximum atomic E-state index is 12.0. The maximum Gasteiger partial charge on any atom is 0.316 e. The van der Waals surface area contributed by atoms with E-state index >= 15 is 0 Å². The van der Waals surface area contributed by atoms with Crippen molar-refractivity contribution in [1.29, 1.82) is 0 Å². The molecule has 3 amide bonds. The van der Waals surface area contributed by atoms with E-state index in [1.807, 2.05) is 6.92 Å². The van der Waals surface area contributed by atoms with Crippen LogP contribution in [-0.4, -0.2) is 37.4 Å². The van der Waals surface area contributed by atoms with Crippen LogP contribution in [0.4, 0.5) is 5.69 Å². The molecule has 1 aromatic carbocycles. The van der Waals surface area contributed by atoms with Gasteiger partial charge in [-0.25, -0.2) is 0 Å². The maximum absolute atomic E-state index is 12.0. The minimum Gasteiger partial charge on any atom is -0.492 e. The lowest BCUT2D eigenvalue weighted by Gasteiger charge is -2.21. The molecule has 0 saturated carbocycles. The van der Waals surface area contributed by atoms with Gasteiger partial charge < -0.3 is 15.4 Å². The second kappa shape index (κ2) is 8.28. The van der Waals surface area contributed by atoms with Crippen LogP contribution in [0.5, 0.6) is 5.75 Å². The normalized spacial score (nSPS) is 14.8. The molecule has 124 valence electrons. The van der Waals surface area contributed by atoms with Crippen LogP contribution in [0.25, 0.3) is 0 Å². The number of amides is 3. The summed E-state index contributed by atoms with van der Waals surface area (Å²) in [5.41, 5.74) is 0.392. The molecule has 1 aromatic rings. The zero-order chi connectivity index (χ0) is 16.7. The number of piperidine rings is 1. The summed E-state index contributed by atoms with van der Waals surface area (Å²) >= 11 is 0. The highest BCUT2D eigenvalue weighted by molar-refractivity contribution is 6.42. The molecule has 7 heteroatoms. The van der Waals surface area contributed by atoms with Gasteiger partial charge in [0, 0.05) is 5.92 Å². The van der Waals surface area contributed by atoms with Crippen LogP contribution in [0.3, 0.4) is 0 Å². The molecule has 1 saturated heterocycles. The second-order valence-electron chi connectivity index (χ2n) is 5.23. The van der Waals surface area contributed by atoms with Crippen molar-refractivity contribution in [1.82, 2.24) is 10.6 Å². The van der Waals surface area contributed by atoms with E-state index in [4.69, 9.17) is 4.74 Å². The van der Waals surface area contributed by atoms with E-state index in [0.29, 0.717) is 30.9 Å². The average Bonchev–Trinajstić information content (AvgIpc) is 2.57. The SMILES string of the molecule is CCOc1ccccc1NC(=O)C(=O)NC(=O)C1CCNCC1. The Hall–Kier alpha value is -2.41. The Bertz CT molecular complexity index is 582. The highest BCUT2D eigenvalue weighted by atomic mass is 16.5. The third-order valence-electron chi connectivity index (χ3n) is 3.59. The van der Waals surface area contributed by atoms with Gasteiger partial charge in [-0.3, -0.25) is 19.7 Å². The van der Waals surface area contributed by atoms with Crippen LogP contribution in [0.1, 0.15) is 19.8 Å². The van der Waals surface area contributed by atoms with E-state index in [-0.39, 0.29) is 5.92 Å². The predicted octanol–water partition coefficient (Wildman–Crippen LogP) is 0.666. The third kappa shape index (κ3) is 4.79. The summed E-state index contributed by atoms with van der Waals surface area (Å²) in [6.45, 7) is 3.73. The van der Waals surface area contributed by atoms with E-state index in [0.717, 1.165) is 13.1 Å². The van der Waals surface area contributed by atoms with Gasteiger partial charge in [0.05, 0.1) is 12.3 Å². The highest BCUT2D eigenvalue weighted by Crippen LogP contribution is 2.23. The number of benzene rings is 1. The number of nitrogens with one attached hydrogen (secondary N) is 3. The van der Waals surface area contributed by atoms with Gasteiger partial charge in [-0.1, -0.05) is 12.1 Å². The average molecular weight is 319 g/mol. The summed E-state index contributed by atoms with van der Waals surface area (Å²) < 4.78 is 5.37. The van der Waals surface area contributed by atoms with Crippen molar-refractivity contribution in [2.45, 2.75) is 19.8 Å². The van der Waals surface area contributed by atoms with Crippen LogP contribution in [0.15, 0.2) is 24.3 Å². The minimum atomic E-state index is -0.958. The van der Waals surface area contributed by atoms with Gasteiger partial charge in [0.1, 0.15) is 5.75 Å². The topological polar surface area (TPSA) is 96.5 Å². The lowest BCUT2D eigenvalue weighted by atomic mass is 9.97. The first-order valence-corrected chi connectivity index (χ1v) is 7.70. The number of ether oxygens (including phenoxy) is 1. The van der Waals surface area contributed by atoms with E-state index in [1.54, 1.807) is 24.3 Å². The van der Waals surface area contributed by atoms with Gasteiger partial charge in [-0.2, -0.15) is 0 Å². The molecule has 0 aromatic heterocycles. The molecular formula is C16H21N3O4. The molecule has 0 unspecified atom stereocenters. The third-order valence-corrected chi connectivity index (χ3v) is 3.59. The molecule has 1 heterocycles. The Labute approximate surface area is 134 Å². The van der Waals surface area contributed by atoms with Crippen molar-refractivity contribution in [3.8, 4) is 5.75 Å². The van der Waals surface area contributed by atoms with Crippen molar-refractivity contribution in [3.63, 3.8) is 0 Å². The highest BCUT2D eigenvalue weighted by Gasteiger charge is 2.25. The Morgan fingerprint density at radius 1 is 1.17 bits per heavy atom. The van der Waals surface area contributed by atoms with Crippen molar-refractivity contribution < 1.29 is 19.1 Å². The number of carbonyl (C=O) groups excluding carboxylic acids is 3. The van der Waals surface area contributed by atoms with E-state index in [2.05, 4.69) is 16.0 Å². The summed E-state index contributed by atoms with van der Waals surface area (Å²) in [7, 11) is 0. The van der Waals surface area contributed by atoms with E-state index in [9.17, 15) is 14.4 Å². The molecule has 7 nitrogen and oxygen atoms in total. The molecule has 0 bridgehead atoms. The second-order valence-corrected chi connectivity index (χ2v) is 5.23. The van der Waals surface area contributed by atoms with Crippen LogP contribution in [0, 0.1) is 5.92 Å². The quantitative estimate of drug-likeness (QED) is 0.709. The number of anilines is 1. The molecule has 3 N–H and O–H groups in total. The minimum absolute atomic E-state index is 0.233.